The Labute approximate surface area is 162 Å². The Kier molecular flexibility index (Phi) is 11.7. The van der Waals surface area contributed by atoms with E-state index in [9.17, 15) is 4.79 Å². The first kappa shape index (κ1) is 23.5. The van der Waals surface area contributed by atoms with Gasteiger partial charge >= 0.3 is 0 Å². The Morgan fingerprint density at radius 3 is 2.54 bits per heavy atom. The van der Waals surface area contributed by atoms with Crippen molar-refractivity contribution in [3.05, 3.63) is 18.2 Å². The maximum atomic E-state index is 12.2. The average molecular weight is 401 g/mol. The summed E-state index contributed by atoms with van der Waals surface area (Å²) in [6.45, 7) is 6.64. The van der Waals surface area contributed by atoms with Gasteiger partial charge in [-0.2, -0.15) is 0 Å². The van der Waals surface area contributed by atoms with Gasteiger partial charge in [0.1, 0.15) is 5.82 Å². The Bertz CT molecular complexity index is 446. The maximum Gasteiger partial charge on any atom is 0.222 e. The number of rotatable bonds is 5. The molecule has 0 bridgehead atoms. The summed E-state index contributed by atoms with van der Waals surface area (Å²) in [5.74, 6) is 2.04. The number of imidazole rings is 1. The third-order valence-electron chi connectivity index (χ3n) is 4.58. The lowest BCUT2D eigenvalue weighted by Gasteiger charge is -2.34. The Morgan fingerprint density at radius 1 is 1.21 bits per heavy atom. The number of aromatic amines is 1. The van der Waals surface area contributed by atoms with Gasteiger partial charge in [-0.1, -0.05) is 0 Å². The minimum atomic E-state index is 0. The van der Waals surface area contributed by atoms with Crippen molar-refractivity contribution in [2.45, 2.75) is 25.8 Å². The lowest BCUT2D eigenvalue weighted by Crippen LogP contribution is -2.48. The largest absolute Gasteiger partial charge is 0.348 e. The fourth-order valence-electron chi connectivity index (χ4n) is 3.20. The number of aromatic nitrogens is 2. The first-order valence-electron chi connectivity index (χ1n) is 8.00. The normalized spacial score (nSPS) is 20.7. The smallest absolute Gasteiger partial charge is 0.222 e. The number of carbonyl (C=O) groups excluding carboxylic acids is 1. The van der Waals surface area contributed by atoms with Crippen LogP contribution in [-0.4, -0.2) is 64.9 Å². The third kappa shape index (κ3) is 6.76. The van der Waals surface area contributed by atoms with E-state index in [1.165, 1.54) is 6.42 Å². The number of H-pyrrole nitrogens is 1. The van der Waals surface area contributed by atoms with Crippen LogP contribution in [0.5, 0.6) is 0 Å². The molecule has 0 aliphatic carbocycles. The molecule has 0 spiro atoms. The van der Waals surface area contributed by atoms with Crippen LogP contribution in [0.25, 0.3) is 0 Å². The summed E-state index contributed by atoms with van der Waals surface area (Å²) < 4.78 is 0. The highest BCUT2D eigenvalue weighted by Gasteiger charge is 2.23. The van der Waals surface area contributed by atoms with Crippen molar-refractivity contribution in [1.82, 2.24) is 25.1 Å². The highest BCUT2D eigenvalue weighted by molar-refractivity contribution is 5.86. The van der Waals surface area contributed by atoms with E-state index < -0.39 is 0 Å². The molecule has 3 heterocycles. The molecule has 24 heavy (non-hydrogen) atoms. The number of carbonyl (C=O) groups is 1. The molecule has 140 valence electrons. The molecule has 1 aromatic rings. The molecule has 2 aliphatic rings. The van der Waals surface area contributed by atoms with E-state index >= 15 is 0 Å². The molecular weight excluding hydrogens is 373 g/mol. The van der Waals surface area contributed by atoms with Crippen LogP contribution in [0.3, 0.4) is 0 Å². The van der Waals surface area contributed by atoms with Crippen molar-refractivity contribution in [1.29, 1.82) is 0 Å². The predicted octanol–water partition coefficient (Wildman–Crippen LogP) is 1.71. The van der Waals surface area contributed by atoms with Gasteiger partial charge in [-0.05, 0) is 31.8 Å². The molecule has 2 N–H and O–H groups in total. The van der Waals surface area contributed by atoms with Crippen LogP contribution in [-0.2, 0) is 11.3 Å². The van der Waals surface area contributed by atoms with Gasteiger partial charge in [0, 0.05) is 45.0 Å². The number of piperazine rings is 1. The summed E-state index contributed by atoms with van der Waals surface area (Å²) in [6.07, 6.45) is 6.62. The molecule has 1 unspecified atom stereocenters. The van der Waals surface area contributed by atoms with E-state index in [-0.39, 0.29) is 37.2 Å². The van der Waals surface area contributed by atoms with E-state index in [1.807, 2.05) is 11.1 Å². The zero-order chi connectivity index (χ0) is 14.5. The second-order valence-corrected chi connectivity index (χ2v) is 6.09. The van der Waals surface area contributed by atoms with Crippen molar-refractivity contribution in [2.75, 3.05) is 39.3 Å². The highest BCUT2D eigenvalue weighted by Crippen LogP contribution is 2.16. The van der Waals surface area contributed by atoms with Crippen LogP contribution >= 0.6 is 37.2 Å². The van der Waals surface area contributed by atoms with Gasteiger partial charge in [-0.3, -0.25) is 9.69 Å². The molecule has 2 saturated heterocycles. The minimum Gasteiger partial charge on any atom is -0.348 e. The molecule has 0 aromatic carbocycles. The van der Waals surface area contributed by atoms with E-state index in [4.69, 9.17) is 0 Å². The quantitative estimate of drug-likeness (QED) is 0.790. The van der Waals surface area contributed by atoms with Gasteiger partial charge < -0.3 is 15.2 Å². The fourth-order valence-corrected chi connectivity index (χ4v) is 3.20. The molecule has 6 nitrogen and oxygen atoms in total. The van der Waals surface area contributed by atoms with Crippen LogP contribution in [0.1, 0.15) is 25.1 Å². The van der Waals surface area contributed by atoms with Gasteiger partial charge in [-0.25, -0.2) is 4.98 Å². The second kappa shape index (κ2) is 11.9. The van der Waals surface area contributed by atoms with E-state index in [0.717, 1.165) is 58.1 Å². The van der Waals surface area contributed by atoms with Crippen LogP contribution < -0.4 is 5.32 Å². The summed E-state index contributed by atoms with van der Waals surface area (Å²) in [5.41, 5.74) is 0. The highest BCUT2D eigenvalue weighted by atomic mass is 35.5. The first-order valence-corrected chi connectivity index (χ1v) is 8.00. The summed E-state index contributed by atoms with van der Waals surface area (Å²) in [6, 6.07) is 0. The molecule has 2 fully saturated rings. The monoisotopic (exact) mass is 399 g/mol. The SMILES string of the molecule is Cl.Cl.Cl.O=C(CCC1CCNC1)N1CCN(Cc2ncc[nH]2)CC1. The van der Waals surface area contributed by atoms with Crippen LogP contribution in [0.2, 0.25) is 0 Å². The molecule has 1 amide bonds. The van der Waals surface area contributed by atoms with Gasteiger partial charge in [0.25, 0.3) is 0 Å². The van der Waals surface area contributed by atoms with Crippen LogP contribution in [0.15, 0.2) is 12.4 Å². The molecule has 0 radical (unpaired) electrons. The molecule has 1 aromatic heterocycles. The lowest BCUT2D eigenvalue weighted by molar-refractivity contribution is -0.133. The molecule has 0 saturated carbocycles. The number of hydrogen-bond donors (Lipinski definition) is 2. The summed E-state index contributed by atoms with van der Waals surface area (Å²) in [5, 5.41) is 3.36. The lowest BCUT2D eigenvalue weighted by atomic mass is 10.0. The van der Waals surface area contributed by atoms with Crippen molar-refractivity contribution < 1.29 is 4.79 Å². The summed E-state index contributed by atoms with van der Waals surface area (Å²) in [4.78, 5) is 24.0. The minimum absolute atomic E-state index is 0. The fraction of sp³-hybridized carbons (Fsp3) is 0.733. The standard InChI is InChI=1S/C15H25N5O.3ClH/c21-15(2-1-13-3-4-16-11-13)20-9-7-19(8-10-20)12-14-17-5-6-18-14;;;/h5-6,13,16H,1-4,7-12H2,(H,17,18);3*1H. The topological polar surface area (TPSA) is 64.3 Å². The van der Waals surface area contributed by atoms with E-state index in [1.54, 1.807) is 6.20 Å². The zero-order valence-electron chi connectivity index (χ0n) is 13.8. The number of nitrogens with zero attached hydrogens (tertiary/aromatic N) is 3. The van der Waals surface area contributed by atoms with E-state index in [2.05, 4.69) is 20.2 Å². The van der Waals surface area contributed by atoms with Crippen molar-refractivity contribution in [3.63, 3.8) is 0 Å². The molecule has 9 heteroatoms. The Hall–Kier alpha value is -0.530. The number of hydrogen-bond acceptors (Lipinski definition) is 4. The first-order chi connectivity index (χ1) is 10.3. The van der Waals surface area contributed by atoms with Gasteiger partial charge in [0.15, 0.2) is 0 Å². The predicted molar refractivity (Wildman–Crippen MR) is 102 cm³/mol. The van der Waals surface area contributed by atoms with Gasteiger partial charge in [0.05, 0.1) is 6.54 Å². The molecule has 1 atom stereocenters. The van der Waals surface area contributed by atoms with Crippen molar-refractivity contribution >= 4 is 43.1 Å². The van der Waals surface area contributed by atoms with Crippen molar-refractivity contribution in [3.8, 4) is 0 Å². The number of halogens is 3. The Morgan fingerprint density at radius 2 is 1.96 bits per heavy atom. The van der Waals surface area contributed by atoms with Crippen LogP contribution in [0, 0.1) is 5.92 Å². The van der Waals surface area contributed by atoms with E-state index in [0.29, 0.717) is 18.2 Å². The zero-order valence-corrected chi connectivity index (χ0v) is 16.2. The second-order valence-electron chi connectivity index (χ2n) is 6.09. The summed E-state index contributed by atoms with van der Waals surface area (Å²) >= 11 is 0. The average Bonchev–Trinajstić information content (AvgIpc) is 3.19. The van der Waals surface area contributed by atoms with Gasteiger partial charge in [0.2, 0.25) is 5.91 Å². The molecule has 3 rings (SSSR count). The maximum absolute atomic E-state index is 12.2. The number of nitrogens with one attached hydrogen (secondary N) is 2. The third-order valence-corrected chi connectivity index (χ3v) is 4.58. The van der Waals surface area contributed by atoms with Crippen LogP contribution in [0.4, 0.5) is 0 Å². The molecular formula is C15H28Cl3N5O. The molecule has 2 aliphatic heterocycles. The van der Waals surface area contributed by atoms with Crippen molar-refractivity contribution in [2.24, 2.45) is 5.92 Å². The Balaban J connectivity index is 0.00000176. The van der Waals surface area contributed by atoms with Gasteiger partial charge in [-0.15, -0.1) is 37.2 Å². The summed E-state index contributed by atoms with van der Waals surface area (Å²) in [7, 11) is 0. The number of amides is 1.